The lowest BCUT2D eigenvalue weighted by molar-refractivity contribution is 0.628. The third-order valence-corrected chi connectivity index (χ3v) is 2.48. The van der Waals surface area contributed by atoms with Gasteiger partial charge in [0.05, 0.1) is 0 Å². The highest BCUT2D eigenvalue weighted by atomic mass is 35.5. The van der Waals surface area contributed by atoms with Crippen LogP contribution in [0.4, 0.5) is 4.39 Å². The Morgan fingerprint density at radius 2 is 2.13 bits per heavy atom. The van der Waals surface area contributed by atoms with Gasteiger partial charge >= 0.3 is 0 Å². The van der Waals surface area contributed by atoms with Crippen LogP contribution in [0.1, 0.15) is 5.56 Å². The Morgan fingerprint density at radius 3 is 2.80 bits per heavy atom. The summed E-state index contributed by atoms with van der Waals surface area (Å²) in [6.45, 7) is 0. The summed E-state index contributed by atoms with van der Waals surface area (Å²) in [5, 5.41) is 0. The van der Waals surface area contributed by atoms with E-state index in [1.54, 1.807) is 18.5 Å². The van der Waals surface area contributed by atoms with Crippen LogP contribution < -0.4 is 0 Å². The summed E-state index contributed by atoms with van der Waals surface area (Å²) in [6.07, 6.45) is 3.38. The van der Waals surface area contributed by atoms with Crippen molar-refractivity contribution in [2.24, 2.45) is 0 Å². The Balaban J connectivity index is 2.56. The van der Waals surface area contributed by atoms with E-state index in [1.165, 1.54) is 12.1 Å². The van der Waals surface area contributed by atoms with Gasteiger partial charge in [0.15, 0.2) is 0 Å². The smallest absolute Gasteiger partial charge is 0.123 e. The van der Waals surface area contributed by atoms with Crippen molar-refractivity contribution in [2.75, 3.05) is 0 Å². The van der Waals surface area contributed by atoms with Crippen LogP contribution in [-0.4, -0.2) is 4.98 Å². The first-order valence-corrected chi connectivity index (χ1v) is 5.09. The van der Waals surface area contributed by atoms with Gasteiger partial charge in [-0.05, 0) is 29.3 Å². The highest BCUT2D eigenvalue weighted by Gasteiger charge is 2.05. The second kappa shape index (κ2) is 4.41. The van der Waals surface area contributed by atoms with Gasteiger partial charge in [0.1, 0.15) is 5.82 Å². The quantitative estimate of drug-likeness (QED) is 0.706. The van der Waals surface area contributed by atoms with Crippen LogP contribution in [-0.2, 0) is 5.88 Å². The number of aromatic nitrogens is 1. The molecule has 0 aliphatic heterocycles. The van der Waals surface area contributed by atoms with Gasteiger partial charge in [-0.15, -0.1) is 11.6 Å². The van der Waals surface area contributed by atoms with Gasteiger partial charge in [-0.3, -0.25) is 4.98 Å². The molecule has 0 fully saturated rings. The summed E-state index contributed by atoms with van der Waals surface area (Å²) in [6, 6.07) is 8.30. The number of hydrogen-bond acceptors (Lipinski definition) is 1. The molecule has 2 aromatic rings. The molecule has 15 heavy (non-hydrogen) atoms. The van der Waals surface area contributed by atoms with Gasteiger partial charge in [-0.1, -0.05) is 12.1 Å². The fraction of sp³-hybridized carbons (Fsp3) is 0.0833. The molecular weight excluding hydrogens is 213 g/mol. The molecule has 0 aliphatic rings. The molecule has 76 valence electrons. The maximum Gasteiger partial charge on any atom is 0.123 e. The van der Waals surface area contributed by atoms with Crippen molar-refractivity contribution >= 4 is 11.6 Å². The van der Waals surface area contributed by atoms with Crippen LogP contribution in [0.2, 0.25) is 0 Å². The highest BCUT2D eigenvalue weighted by Crippen LogP contribution is 2.25. The fourth-order valence-corrected chi connectivity index (χ4v) is 1.69. The van der Waals surface area contributed by atoms with E-state index >= 15 is 0 Å². The predicted octanol–water partition coefficient (Wildman–Crippen LogP) is 3.63. The Labute approximate surface area is 92.5 Å². The van der Waals surface area contributed by atoms with Gasteiger partial charge < -0.3 is 0 Å². The second-order valence-electron chi connectivity index (χ2n) is 3.18. The second-order valence-corrected chi connectivity index (χ2v) is 3.44. The monoisotopic (exact) mass is 221 g/mol. The third-order valence-electron chi connectivity index (χ3n) is 2.19. The van der Waals surface area contributed by atoms with Crippen molar-refractivity contribution < 1.29 is 4.39 Å². The zero-order chi connectivity index (χ0) is 10.7. The lowest BCUT2D eigenvalue weighted by atomic mass is 10.0. The van der Waals surface area contributed by atoms with Crippen LogP contribution >= 0.6 is 11.6 Å². The third kappa shape index (κ3) is 2.16. The van der Waals surface area contributed by atoms with E-state index < -0.39 is 0 Å². The number of alkyl halides is 1. The average Bonchev–Trinajstić information content (AvgIpc) is 2.30. The lowest BCUT2D eigenvalue weighted by Gasteiger charge is -2.06. The minimum Gasteiger partial charge on any atom is -0.264 e. The van der Waals surface area contributed by atoms with Gasteiger partial charge in [0.2, 0.25) is 0 Å². The van der Waals surface area contributed by atoms with Gasteiger partial charge in [-0.2, -0.15) is 0 Å². The molecule has 1 aromatic carbocycles. The number of halogens is 2. The molecule has 1 heterocycles. The van der Waals surface area contributed by atoms with Crippen molar-refractivity contribution in [3.63, 3.8) is 0 Å². The first kappa shape index (κ1) is 10.1. The van der Waals surface area contributed by atoms with Gasteiger partial charge in [-0.25, -0.2) is 4.39 Å². The Hall–Kier alpha value is -1.41. The van der Waals surface area contributed by atoms with Crippen molar-refractivity contribution in [3.05, 3.63) is 54.1 Å². The maximum absolute atomic E-state index is 13.1. The predicted molar refractivity (Wildman–Crippen MR) is 59.2 cm³/mol. The SMILES string of the molecule is Fc1ccc(CCl)c(-c2cccnc2)c1. The fourth-order valence-electron chi connectivity index (χ4n) is 1.46. The Bertz CT molecular complexity index is 456. The summed E-state index contributed by atoms with van der Waals surface area (Å²) >= 11 is 5.79. The van der Waals surface area contributed by atoms with E-state index in [1.807, 2.05) is 12.1 Å². The summed E-state index contributed by atoms with van der Waals surface area (Å²) in [7, 11) is 0. The van der Waals surface area contributed by atoms with Crippen molar-refractivity contribution in [1.82, 2.24) is 4.98 Å². The average molecular weight is 222 g/mol. The minimum absolute atomic E-state index is 0.261. The number of rotatable bonds is 2. The van der Waals surface area contributed by atoms with Gasteiger partial charge in [0, 0.05) is 23.8 Å². The molecule has 0 aliphatic carbocycles. The molecule has 3 heteroatoms. The molecule has 0 saturated carbocycles. The Morgan fingerprint density at radius 1 is 1.27 bits per heavy atom. The number of hydrogen-bond donors (Lipinski definition) is 0. The molecule has 0 spiro atoms. The normalized spacial score (nSPS) is 10.3. The lowest BCUT2D eigenvalue weighted by Crippen LogP contribution is -1.88. The summed E-state index contributed by atoms with van der Waals surface area (Å²) in [5.41, 5.74) is 2.59. The summed E-state index contributed by atoms with van der Waals surface area (Å²) in [4.78, 5) is 4.00. The van der Waals surface area contributed by atoms with E-state index in [9.17, 15) is 4.39 Å². The first-order valence-electron chi connectivity index (χ1n) is 4.56. The summed E-state index contributed by atoms with van der Waals surface area (Å²) < 4.78 is 13.1. The molecule has 2 rings (SSSR count). The van der Waals surface area contributed by atoms with E-state index in [-0.39, 0.29) is 5.82 Å². The Kier molecular flexibility index (Phi) is 2.97. The van der Waals surface area contributed by atoms with Crippen LogP contribution in [0.5, 0.6) is 0 Å². The molecule has 1 nitrogen and oxygen atoms in total. The molecule has 1 aromatic heterocycles. The van der Waals surface area contributed by atoms with Crippen molar-refractivity contribution in [3.8, 4) is 11.1 Å². The first-order chi connectivity index (χ1) is 7.31. The van der Waals surface area contributed by atoms with E-state index in [0.717, 1.165) is 16.7 Å². The van der Waals surface area contributed by atoms with Crippen molar-refractivity contribution in [2.45, 2.75) is 5.88 Å². The van der Waals surface area contributed by atoms with Crippen LogP contribution in [0.3, 0.4) is 0 Å². The maximum atomic E-state index is 13.1. The molecule has 0 amide bonds. The number of nitrogens with zero attached hydrogens (tertiary/aromatic N) is 1. The largest absolute Gasteiger partial charge is 0.264 e. The zero-order valence-corrected chi connectivity index (χ0v) is 8.71. The summed E-state index contributed by atoms with van der Waals surface area (Å²) in [5.74, 6) is 0.104. The highest BCUT2D eigenvalue weighted by molar-refractivity contribution is 6.17. The van der Waals surface area contributed by atoms with Crippen LogP contribution in [0.15, 0.2) is 42.7 Å². The van der Waals surface area contributed by atoms with E-state index in [0.29, 0.717) is 5.88 Å². The van der Waals surface area contributed by atoms with Gasteiger partial charge in [0.25, 0.3) is 0 Å². The molecule has 0 saturated heterocycles. The topological polar surface area (TPSA) is 12.9 Å². The molecular formula is C12H9ClFN. The van der Waals surface area contributed by atoms with Crippen molar-refractivity contribution in [1.29, 1.82) is 0 Å². The molecule has 0 bridgehead atoms. The standard InChI is InChI=1S/C12H9ClFN/c13-7-9-3-4-11(14)6-12(9)10-2-1-5-15-8-10/h1-6,8H,7H2. The molecule has 0 radical (unpaired) electrons. The van der Waals surface area contributed by atoms with E-state index in [4.69, 9.17) is 11.6 Å². The number of pyridine rings is 1. The zero-order valence-electron chi connectivity index (χ0n) is 7.95. The van der Waals surface area contributed by atoms with Crippen LogP contribution in [0.25, 0.3) is 11.1 Å². The van der Waals surface area contributed by atoms with E-state index in [2.05, 4.69) is 4.98 Å². The number of benzene rings is 1. The molecule has 0 unspecified atom stereocenters. The molecule has 0 N–H and O–H groups in total. The molecule has 0 atom stereocenters. The van der Waals surface area contributed by atoms with Crippen LogP contribution in [0, 0.1) is 5.82 Å². The minimum atomic E-state index is -0.261.